The zero-order chi connectivity index (χ0) is 22.9. The highest BCUT2D eigenvalue weighted by Gasteiger charge is 2.19. The molecule has 182 valence electrons. The lowest BCUT2D eigenvalue weighted by Crippen LogP contribution is -2.41. The lowest BCUT2D eigenvalue weighted by atomic mass is 10.1. The van der Waals surface area contributed by atoms with Gasteiger partial charge in [-0.1, -0.05) is 18.2 Å². The Hall–Kier alpha value is -2.14. The number of hydrogen-bond acceptors (Lipinski definition) is 4. The van der Waals surface area contributed by atoms with Gasteiger partial charge in [0, 0.05) is 19.6 Å². The predicted molar refractivity (Wildman–Crippen MR) is 139 cm³/mol. The highest BCUT2D eigenvalue weighted by molar-refractivity contribution is 14.0. The van der Waals surface area contributed by atoms with Crippen molar-refractivity contribution in [3.63, 3.8) is 0 Å². The third kappa shape index (κ3) is 8.29. The van der Waals surface area contributed by atoms with Gasteiger partial charge in [0.25, 0.3) is 0 Å². The molecule has 0 saturated carbocycles. The summed E-state index contributed by atoms with van der Waals surface area (Å²) in [5.74, 6) is 0.110. The number of ether oxygens (including phenoxy) is 1. The van der Waals surface area contributed by atoms with Crippen LogP contribution in [0, 0.1) is 11.6 Å². The van der Waals surface area contributed by atoms with Crippen molar-refractivity contribution in [2.75, 3.05) is 31.1 Å². The van der Waals surface area contributed by atoms with Crippen molar-refractivity contribution in [1.82, 2.24) is 10.6 Å². The lowest BCUT2D eigenvalue weighted by Gasteiger charge is -2.31. The molecule has 3 rings (SSSR count). The van der Waals surface area contributed by atoms with E-state index in [0.717, 1.165) is 5.56 Å². The van der Waals surface area contributed by atoms with Crippen molar-refractivity contribution < 1.29 is 18.6 Å². The Labute approximate surface area is 211 Å². The maximum absolute atomic E-state index is 14.7. The fourth-order valence-electron chi connectivity index (χ4n) is 3.56. The van der Waals surface area contributed by atoms with E-state index in [4.69, 9.17) is 4.74 Å². The summed E-state index contributed by atoms with van der Waals surface area (Å²) in [6.45, 7) is 6.51. The number of para-hydroxylation sites is 1. The smallest absolute Gasteiger partial charge is 0.191 e. The van der Waals surface area contributed by atoms with Gasteiger partial charge in [0.1, 0.15) is 11.9 Å². The van der Waals surface area contributed by atoms with Crippen LogP contribution in [0.25, 0.3) is 0 Å². The number of piperidine rings is 1. The van der Waals surface area contributed by atoms with Crippen molar-refractivity contribution in [2.45, 2.75) is 45.4 Å². The first kappa shape index (κ1) is 27.1. The molecule has 1 heterocycles. The van der Waals surface area contributed by atoms with Crippen LogP contribution in [0.1, 0.15) is 32.3 Å². The number of nitrogens with zero attached hydrogens (tertiary/aromatic N) is 2. The number of anilines is 1. The summed E-state index contributed by atoms with van der Waals surface area (Å²) >= 11 is 0. The normalized spacial score (nSPS) is 15.5. The Kier molecular flexibility index (Phi) is 11.1. The Balaban J connectivity index is 0.00000385. The van der Waals surface area contributed by atoms with Crippen molar-refractivity contribution in [3.05, 3.63) is 59.7 Å². The fourth-order valence-corrected chi connectivity index (χ4v) is 3.56. The first-order valence-electron chi connectivity index (χ1n) is 11.1. The first-order chi connectivity index (χ1) is 15.5. The molecule has 0 radical (unpaired) electrons. The number of aliphatic hydroxyl groups excluding tert-OH is 1. The van der Waals surface area contributed by atoms with Gasteiger partial charge in [0.15, 0.2) is 17.5 Å². The van der Waals surface area contributed by atoms with Gasteiger partial charge < -0.3 is 25.4 Å². The molecule has 1 saturated heterocycles. The van der Waals surface area contributed by atoms with Crippen LogP contribution < -0.4 is 20.3 Å². The lowest BCUT2D eigenvalue weighted by molar-refractivity contribution is 0.145. The SMILES string of the molecule is CCNC(=NCc1ccc(N2CCC(O)CC2)c(F)c1)NCC(C)Oc1ccccc1F.I. The summed E-state index contributed by atoms with van der Waals surface area (Å²) in [5, 5.41) is 16.0. The van der Waals surface area contributed by atoms with E-state index in [1.54, 1.807) is 24.3 Å². The topological polar surface area (TPSA) is 69.1 Å². The Morgan fingerprint density at radius 1 is 1.15 bits per heavy atom. The molecule has 2 aromatic carbocycles. The van der Waals surface area contributed by atoms with Gasteiger partial charge in [0.2, 0.25) is 0 Å². The zero-order valence-electron chi connectivity index (χ0n) is 19.1. The summed E-state index contributed by atoms with van der Waals surface area (Å²) in [5.41, 5.74) is 1.32. The van der Waals surface area contributed by atoms with Crippen LogP contribution in [-0.2, 0) is 6.54 Å². The molecule has 0 aliphatic carbocycles. The molecule has 1 aliphatic rings. The number of nitrogens with one attached hydrogen (secondary N) is 2. The maximum Gasteiger partial charge on any atom is 0.191 e. The van der Waals surface area contributed by atoms with Gasteiger partial charge in [-0.25, -0.2) is 13.8 Å². The average Bonchev–Trinajstić information content (AvgIpc) is 2.78. The van der Waals surface area contributed by atoms with Crippen LogP contribution in [0.4, 0.5) is 14.5 Å². The quantitative estimate of drug-likeness (QED) is 0.252. The second-order valence-electron chi connectivity index (χ2n) is 7.94. The minimum Gasteiger partial charge on any atom is -0.486 e. The maximum atomic E-state index is 14.7. The number of aliphatic hydroxyl groups is 1. The Morgan fingerprint density at radius 3 is 2.55 bits per heavy atom. The summed E-state index contributed by atoms with van der Waals surface area (Å²) in [7, 11) is 0. The fraction of sp³-hybridized carbons (Fsp3) is 0.458. The molecule has 0 aromatic heterocycles. The number of benzene rings is 2. The number of aliphatic imine (C=N–C) groups is 1. The van der Waals surface area contributed by atoms with Crippen LogP contribution in [-0.4, -0.2) is 49.5 Å². The van der Waals surface area contributed by atoms with E-state index in [0.29, 0.717) is 57.2 Å². The molecular weight excluding hydrogens is 541 g/mol. The van der Waals surface area contributed by atoms with Gasteiger partial charge in [0.05, 0.1) is 24.9 Å². The van der Waals surface area contributed by atoms with Crippen molar-refractivity contribution in [1.29, 1.82) is 0 Å². The molecule has 0 amide bonds. The second kappa shape index (κ2) is 13.5. The van der Waals surface area contributed by atoms with Crippen LogP contribution in [0.2, 0.25) is 0 Å². The molecule has 0 bridgehead atoms. The average molecular weight is 574 g/mol. The van der Waals surface area contributed by atoms with Gasteiger partial charge in [-0.15, -0.1) is 24.0 Å². The molecule has 0 spiro atoms. The highest BCUT2D eigenvalue weighted by atomic mass is 127. The third-order valence-electron chi connectivity index (χ3n) is 5.30. The molecule has 1 unspecified atom stereocenters. The van der Waals surface area contributed by atoms with E-state index >= 15 is 0 Å². The van der Waals surface area contributed by atoms with E-state index in [2.05, 4.69) is 15.6 Å². The Bertz CT molecular complexity index is 908. The predicted octanol–water partition coefficient (Wildman–Crippen LogP) is 4.07. The third-order valence-corrected chi connectivity index (χ3v) is 5.30. The largest absolute Gasteiger partial charge is 0.486 e. The van der Waals surface area contributed by atoms with Crippen molar-refractivity contribution in [2.24, 2.45) is 4.99 Å². The first-order valence-corrected chi connectivity index (χ1v) is 11.1. The van der Waals surface area contributed by atoms with Gasteiger partial charge >= 0.3 is 0 Å². The minimum absolute atomic E-state index is 0. The monoisotopic (exact) mass is 574 g/mol. The molecule has 1 atom stereocenters. The van der Waals surface area contributed by atoms with E-state index in [1.165, 1.54) is 12.1 Å². The van der Waals surface area contributed by atoms with E-state index in [1.807, 2.05) is 24.8 Å². The van der Waals surface area contributed by atoms with Gasteiger partial charge in [-0.3, -0.25) is 0 Å². The summed E-state index contributed by atoms with van der Waals surface area (Å²) in [4.78, 5) is 6.49. The minimum atomic E-state index is -0.397. The molecule has 6 nitrogen and oxygen atoms in total. The molecule has 1 fully saturated rings. The summed E-state index contributed by atoms with van der Waals surface area (Å²) in [6.07, 6.45) is 0.736. The molecular formula is C24H33F2IN4O2. The summed E-state index contributed by atoms with van der Waals surface area (Å²) < 4.78 is 34.1. The van der Waals surface area contributed by atoms with E-state index < -0.39 is 5.82 Å². The molecule has 33 heavy (non-hydrogen) atoms. The van der Waals surface area contributed by atoms with Gasteiger partial charge in [-0.2, -0.15) is 0 Å². The van der Waals surface area contributed by atoms with E-state index in [-0.39, 0.29) is 47.8 Å². The molecule has 2 aromatic rings. The Morgan fingerprint density at radius 2 is 1.88 bits per heavy atom. The zero-order valence-corrected chi connectivity index (χ0v) is 21.4. The van der Waals surface area contributed by atoms with Gasteiger partial charge in [-0.05, 0) is 56.5 Å². The number of halogens is 3. The van der Waals surface area contributed by atoms with Crippen LogP contribution in [0.15, 0.2) is 47.5 Å². The molecule has 9 heteroatoms. The van der Waals surface area contributed by atoms with E-state index in [9.17, 15) is 13.9 Å². The summed E-state index contributed by atoms with van der Waals surface area (Å²) in [6, 6.07) is 11.5. The van der Waals surface area contributed by atoms with Crippen molar-refractivity contribution >= 4 is 35.6 Å². The number of hydrogen-bond donors (Lipinski definition) is 3. The highest BCUT2D eigenvalue weighted by Crippen LogP contribution is 2.24. The van der Waals surface area contributed by atoms with Crippen LogP contribution >= 0.6 is 24.0 Å². The van der Waals surface area contributed by atoms with Crippen molar-refractivity contribution in [3.8, 4) is 5.75 Å². The number of guanidine groups is 1. The van der Waals surface area contributed by atoms with Crippen LogP contribution in [0.3, 0.4) is 0 Å². The molecule has 1 aliphatic heterocycles. The van der Waals surface area contributed by atoms with Crippen LogP contribution in [0.5, 0.6) is 5.75 Å². The standard InChI is InChI=1S/C24H32F2N4O2.HI/c1-3-27-24(28-15-17(2)32-23-7-5-4-6-20(23)25)29-16-18-8-9-22(21(26)14-18)30-12-10-19(31)11-13-30;/h4-9,14,17,19,31H,3,10-13,15-16H2,1-2H3,(H2,27,28,29);1H. The second-order valence-corrected chi connectivity index (χ2v) is 7.94. The molecule has 3 N–H and O–H groups in total. The number of rotatable bonds is 8.